The average molecular weight is 269 g/mol. The molecule has 2 rings (SSSR count). The fraction of sp³-hybridized carbons (Fsp3) is 0. The van der Waals surface area contributed by atoms with Crippen LogP contribution >= 0.6 is 0 Å². The molecule has 0 atom stereocenters. The Balaban J connectivity index is 2.37. The number of rotatable bonds is 4. The summed E-state index contributed by atoms with van der Waals surface area (Å²) in [6.45, 7) is 0. The molecule has 100 valence electrons. The number of nitro benzene ring substituents is 1. The van der Waals surface area contributed by atoms with Crippen LogP contribution in [0.4, 0.5) is 22.7 Å². The molecule has 2 aromatic rings. The number of para-hydroxylation sites is 1. The molecule has 0 fully saturated rings. The van der Waals surface area contributed by atoms with Crippen LogP contribution in [0.1, 0.15) is 5.56 Å². The second kappa shape index (κ2) is 5.69. The van der Waals surface area contributed by atoms with Crippen molar-refractivity contribution < 1.29 is 4.92 Å². The maximum absolute atomic E-state index is 11.1. The zero-order chi connectivity index (χ0) is 14.5. The minimum atomic E-state index is -0.513. The first kappa shape index (κ1) is 13.3. The Morgan fingerprint density at radius 3 is 2.35 bits per heavy atom. The molecule has 7 heteroatoms. The number of anilines is 3. The molecule has 7 nitrogen and oxygen atoms in total. The van der Waals surface area contributed by atoms with E-state index in [0.717, 1.165) is 0 Å². The summed E-state index contributed by atoms with van der Waals surface area (Å²) >= 11 is 0. The third kappa shape index (κ3) is 2.66. The van der Waals surface area contributed by atoms with Crippen molar-refractivity contribution in [3.05, 3.63) is 58.1 Å². The van der Waals surface area contributed by atoms with Crippen molar-refractivity contribution in [3.63, 3.8) is 0 Å². The highest BCUT2D eigenvalue weighted by Crippen LogP contribution is 2.34. The second-order valence-electron chi connectivity index (χ2n) is 3.92. The molecule has 0 saturated carbocycles. The quantitative estimate of drug-likeness (QED) is 0.446. The van der Waals surface area contributed by atoms with E-state index in [-0.39, 0.29) is 11.4 Å². The van der Waals surface area contributed by atoms with Gasteiger partial charge in [0.05, 0.1) is 16.6 Å². The van der Waals surface area contributed by atoms with Crippen molar-refractivity contribution in [3.8, 4) is 6.07 Å². The average Bonchev–Trinajstić information content (AvgIpc) is 2.47. The van der Waals surface area contributed by atoms with Gasteiger partial charge in [-0.25, -0.2) is 0 Å². The molecule has 0 aromatic heterocycles. The fourth-order valence-electron chi connectivity index (χ4n) is 1.74. The van der Waals surface area contributed by atoms with Gasteiger partial charge in [-0.05, 0) is 36.4 Å². The standard InChI is InChI=1S/C13H11N5O2/c14-8-9-4-6-10(7-5-9)16-11-2-1-3-12(17-15)13(11)18(19)20/h1-7,16-17H,15H2. The largest absolute Gasteiger partial charge is 0.350 e. The van der Waals surface area contributed by atoms with Gasteiger partial charge in [-0.1, -0.05) is 6.07 Å². The van der Waals surface area contributed by atoms with Crippen LogP contribution in [0.3, 0.4) is 0 Å². The molecular weight excluding hydrogens is 258 g/mol. The highest BCUT2D eigenvalue weighted by molar-refractivity contribution is 5.79. The summed E-state index contributed by atoms with van der Waals surface area (Å²) in [6.07, 6.45) is 0. The van der Waals surface area contributed by atoms with Gasteiger partial charge in [0, 0.05) is 5.69 Å². The smallest absolute Gasteiger partial charge is 0.316 e. The number of hydrazine groups is 1. The monoisotopic (exact) mass is 269 g/mol. The van der Waals surface area contributed by atoms with Gasteiger partial charge in [-0.3, -0.25) is 16.0 Å². The van der Waals surface area contributed by atoms with Gasteiger partial charge in [0.1, 0.15) is 11.4 Å². The van der Waals surface area contributed by atoms with Crippen LogP contribution in [0.15, 0.2) is 42.5 Å². The highest BCUT2D eigenvalue weighted by atomic mass is 16.6. The van der Waals surface area contributed by atoms with E-state index in [4.69, 9.17) is 11.1 Å². The lowest BCUT2D eigenvalue weighted by Gasteiger charge is -2.09. The van der Waals surface area contributed by atoms with Crippen LogP contribution in [0.25, 0.3) is 0 Å². The Hall–Kier alpha value is -3.11. The maximum Gasteiger partial charge on any atom is 0.316 e. The number of nitrogens with zero attached hydrogens (tertiary/aromatic N) is 2. The van der Waals surface area contributed by atoms with Crippen LogP contribution < -0.4 is 16.6 Å². The third-order valence-electron chi connectivity index (χ3n) is 2.67. The van der Waals surface area contributed by atoms with Gasteiger partial charge in [0.2, 0.25) is 0 Å². The van der Waals surface area contributed by atoms with E-state index < -0.39 is 4.92 Å². The number of nitrogen functional groups attached to an aromatic ring is 1. The Labute approximate surface area is 114 Å². The van der Waals surface area contributed by atoms with Crippen molar-refractivity contribution in [2.75, 3.05) is 10.7 Å². The first-order chi connectivity index (χ1) is 9.65. The molecule has 0 aliphatic rings. The summed E-state index contributed by atoms with van der Waals surface area (Å²) in [7, 11) is 0. The normalized spacial score (nSPS) is 9.60. The molecule has 0 spiro atoms. The summed E-state index contributed by atoms with van der Waals surface area (Å²) in [5.41, 5.74) is 3.84. The summed E-state index contributed by atoms with van der Waals surface area (Å²) in [4.78, 5) is 10.6. The Morgan fingerprint density at radius 1 is 1.15 bits per heavy atom. The van der Waals surface area contributed by atoms with Crippen LogP contribution in [0.5, 0.6) is 0 Å². The Kier molecular flexibility index (Phi) is 3.79. The highest BCUT2D eigenvalue weighted by Gasteiger charge is 2.19. The molecule has 2 aromatic carbocycles. The van der Waals surface area contributed by atoms with E-state index >= 15 is 0 Å². The van der Waals surface area contributed by atoms with Gasteiger partial charge in [-0.15, -0.1) is 0 Å². The molecule has 0 aliphatic carbocycles. The van der Waals surface area contributed by atoms with Crippen molar-refractivity contribution >= 4 is 22.7 Å². The van der Waals surface area contributed by atoms with Crippen LogP contribution in [0, 0.1) is 21.4 Å². The molecule has 0 bridgehead atoms. The van der Waals surface area contributed by atoms with Crippen LogP contribution in [-0.2, 0) is 0 Å². The van der Waals surface area contributed by atoms with Gasteiger partial charge in [0.15, 0.2) is 0 Å². The number of hydrogen-bond donors (Lipinski definition) is 3. The van der Waals surface area contributed by atoms with E-state index in [1.165, 1.54) is 6.07 Å². The Bertz CT molecular complexity index is 676. The van der Waals surface area contributed by atoms with Crippen molar-refractivity contribution in [2.45, 2.75) is 0 Å². The molecule has 0 heterocycles. The third-order valence-corrected chi connectivity index (χ3v) is 2.67. The van der Waals surface area contributed by atoms with Crippen LogP contribution in [0.2, 0.25) is 0 Å². The fourth-order valence-corrected chi connectivity index (χ4v) is 1.74. The molecule has 0 aliphatic heterocycles. The van der Waals surface area contributed by atoms with E-state index in [0.29, 0.717) is 16.9 Å². The molecule has 0 unspecified atom stereocenters. The zero-order valence-corrected chi connectivity index (χ0v) is 10.3. The number of nitrogens with one attached hydrogen (secondary N) is 2. The minimum Gasteiger partial charge on any atom is -0.350 e. The summed E-state index contributed by atoms with van der Waals surface area (Å²) in [5.74, 6) is 5.27. The van der Waals surface area contributed by atoms with Crippen molar-refractivity contribution in [1.29, 1.82) is 5.26 Å². The van der Waals surface area contributed by atoms with E-state index in [2.05, 4.69) is 10.7 Å². The maximum atomic E-state index is 11.1. The van der Waals surface area contributed by atoms with E-state index in [1.807, 2.05) is 6.07 Å². The number of nitro groups is 1. The van der Waals surface area contributed by atoms with Crippen LogP contribution in [-0.4, -0.2) is 4.92 Å². The number of nitrogens with two attached hydrogens (primary N) is 1. The predicted octanol–water partition coefficient (Wildman–Crippen LogP) is 2.50. The van der Waals surface area contributed by atoms with Crippen molar-refractivity contribution in [1.82, 2.24) is 0 Å². The second-order valence-corrected chi connectivity index (χ2v) is 3.92. The van der Waals surface area contributed by atoms with Crippen molar-refractivity contribution in [2.24, 2.45) is 5.84 Å². The zero-order valence-electron chi connectivity index (χ0n) is 10.3. The number of benzene rings is 2. The van der Waals surface area contributed by atoms with Gasteiger partial charge in [0.25, 0.3) is 0 Å². The molecule has 4 N–H and O–H groups in total. The first-order valence-corrected chi connectivity index (χ1v) is 5.67. The summed E-state index contributed by atoms with van der Waals surface area (Å²) in [6, 6.07) is 13.3. The summed E-state index contributed by atoms with van der Waals surface area (Å²) < 4.78 is 0. The number of nitriles is 1. The first-order valence-electron chi connectivity index (χ1n) is 5.67. The van der Waals surface area contributed by atoms with E-state index in [9.17, 15) is 10.1 Å². The lowest BCUT2D eigenvalue weighted by atomic mass is 10.2. The molecule has 0 saturated heterocycles. The Morgan fingerprint density at radius 2 is 1.80 bits per heavy atom. The van der Waals surface area contributed by atoms with E-state index in [1.54, 1.807) is 36.4 Å². The molecule has 20 heavy (non-hydrogen) atoms. The number of hydrogen-bond acceptors (Lipinski definition) is 6. The molecule has 0 radical (unpaired) electrons. The minimum absolute atomic E-state index is 0.139. The lowest BCUT2D eigenvalue weighted by molar-refractivity contribution is -0.383. The predicted molar refractivity (Wildman–Crippen MR) is 75.3 cm³/mol. The molecular formula is C13H11N5O2. The topological polar surface area (TPSA) is 117 Å². The SMILES string of the molecule is N#Cc1ccc(Nc2cccc(NN)c2[N+](=O)[O-])cc1. The lowest BCUT2D eigenvalue weighted by Crippen LogP contribution is -2.10. The molecule has 0 amide bonds. The summed E-state index contributed by atoms with van der Waals surface area (Å²) in [5, 5.41) is 22.8. The van der Waals surface area contributed by atoms with Gasteiger partial charge in [-0.2, -0.15) is 5.26 Å². The van der Waals surface area contributed by atoms with Gasteiger partial charge < -0.3 is 10.7 Å². The van der Waals surface area contributed by atoms with Gasteiger partial charge >= 0.3 is 5.69 Å².